The molecule has 0 aliphatic rings. The van der Waals surface area contributed by atoms with Crippen molar-refractivity contribution >= 4 is 27.5 Å². The van der Waals surface area contributed by atoms with Crippen LogP contribution in [0.15, 0.2) is 102 Å². The van der Waals surface area contributed by atoms with Gasteiger partial charge in [-0.2, -0.15) is 0 Å². The third-order valence-corrected chi connectivity index (χ3v) is 9.15. The van der Waals surface area contributed by atoms with Gasteiger partial charge in [-0.25, -0.2) is 12.8 Å². The van der Waals surface area contributed by atoms with Gasteiger partial charge in [0.05, 0.1) is 17.7 Å². The molecule has 236 valence electrons. The van der Waals surface area contributed by atoms with Gasteiger partial charge in [0.1, 0.15) is 24.2 Å². The molecular weight excluding hydrogens is 593 g/mol. The number of likely N-dealkylation sites (N-methyl/N-ethyl adjacent to an activating group) is 1. The maximum atomic E-state index is 14.5. The van der Waals surface area contributed by atoms with Crippen LogP contribution in [0, 0.1) is 19.7 Å². The van der Waals surface area contributed by atoms with Gasteiger partial charge in [0.15, 0.2) is 0 Å². The molecular formula is C35H38FN3O5S. The molecule has 4 aromatic rings. The Balaban J connectivity index is 1.84. The van der Waals surface area contributed by atoms with E-state index in [4.69, 9.17) is 4.74 Å². The predicted octanol–water partition coefficient (Wildman–Crippen LogP) is 5.42. The fraction of sp³-hybridized carbons (Fsp3) is 0.257. The molecule has 0 unspecified atom stereocenters. The minimum absolute atomic E-state index is 0.000828. The third kappa shape index (κ3) is 8.27. The van der Waals surface area contributed by atoms with Crippen LogP contribution in [0.5, 0.6) is 5.75 Å². The minimum atomic E-state index is -4.29. The summed E-state index contributed by atoms with van der Waals surface area (Å²) in [5.74, 6) is -1.19. The number of aryl methyl sites for hydroxylation is 2. The van der Waals surface area contributed by atoms with E-state index in [0.717, 1.165) is 21.0 Å². The van der Waals surface area contributed by atoms with E-state index in [-0.39, 0.29) is 29.3 Å². The van der Waals surface area contributed by atoms with Crippen molar-refractivity contribution in [3.63, 3.8) is 0 Å². The van der Waals surface area contributed by atoms with Crippen LogP contribution >= 0.6 is 0 Å². The van der Waals surface area contributed by atoms with Crippen LogP contribution in [0.4, 0.5) is 10.1 Å². The molecule has 1 N–H and O–H groups in total. The van der Waals surface area contributed by atoms with Gasteiger partial charge in [0.2, 0.25) is 11.8 Å². The van der Waals surface area contributed by atoms with E-state index < -0.39 is 40.2 Å². The first-order chi connectivity index (χ1) is 21.5. The van der Waals surface area contributed by atoms with Gasteiger partial charge in [-0.15, -0.1) is 0 Å². The van der Waals surface area contributed by atoms with Gasteiger partial charge in [-0.1, -0.05) is 66.2 Å². The van der Waals surface area contributed by atoms with E-state index in [0.29, 0.717) is 12.1 Å². The topological polar surface area (TPSA) is 96.0 Å². The van der Waals surface area contributed by atoms with Crippen molar-refractivity contribution in [3.8, 4) is 5.75 Å². The van der Waals surface area contributed by atoms with E-state index in [2.05, 4.69) is 5.32 Å². The van der Waals surface area contributed by atoms with Gasteiger partial charge in [0.25, 0.3) is 10.0 Å². The van der Waals surface area contributed by atoms with Crippen LogP contribution in [-0.4, -0.2) is 51.4 Å². The third-order valence-electron chi connectivity index (χ3n) is 7.38. The molecule has 1 atom stereocenters. The molecule has 0 bridgehead atoms. The zero-order chi connectivity index (χ0) is 32.6. The number of amides is 2. The average Bonchev–Trinajstić information content (AvgIpc) is 3.03. The molecule has 0 aliphatic heterocycles. The number of carbonyl (C=O) groups is 2. The number of halogens is 1. The first kappa shape index (κ1) is 33.2. The highest BCUT2D eigenvalue weighted by atomic mass is 32.2. The summed E-state index contributed by atoms with van der Waals surface area (Å²) in [6.07, 6.45) is 0.179. The van der Waals surface area contributed by atoms with E-state index in [9.17, 15) is 22.4 Å². The first-order valence-electron chi connectivity index (χ1n) is 14.6. The Hall–Kier alpha value is -4.70. The lowest BCUT2D eigenvalue weighted by molar-refractivity contribution is -0.140. The number of ether oxygens (including phenoxy) is 1. The summed E-state index contributed by atoms with van der Waals surface area (Å²) in [5.41, 5.74) is 3.21. The van der Waals surface area contributed by atoms with E-state index in [1.807, 2.05) is 44.2 Å². The van der Waals surface area contributed by atoms with Crippen molar-refractivity contribution in [2.75, 3.05) is 24.5 Å². The second-order valence-corrected chi connectivity index (χ2v) is 12.6. The number of carbonyl (C=O) groups excluding carboxylic acids is 2. The molecule has 0 saturated heterocycles. The fourth-order valence-electron chi connectivity index (χ4n) is 4.98. The number of hydrogen-bond donors (Lipinski definition) is 1. The number of methoxy groups -OCH3 is 1. The largest absolute Gasteiger partial charge is 0.495 e. The summed E-state index contributed by atoms with van der Waals surface area (Å²) >= 11 is 0. The molecule has 4 rings (SSSR count). The maximum Gasteiger partial charge on any atom is 0.264 e. The summed E-state index contributed by atoms with van der Waals surface area (Å²) in [6.45, 7) is 5.09. The van der Waals surface area contributed by atoms with Crippen LogP contribution in [0.1, 0.15) is 29.2 Å². The second kappa shape index (κ2) is 14.9. The molecule has 0 spiro atoms. The molecule has 0 heterocycles. The van der Waals surface area contributed by atoms with Crippen LogP contribution in [0.3, 0.4) is 0 Å². The molecule has 8 nitrogen and oxygen atoms in total. The number of benzene rings is 4. The molecule has 10 heteroatoms. The van der Waals surface area contributed by atoms with Gasteiger partial charge >= 0.3 is 0 Å². The number of anilines is 1. The van der Waals surface area contributed by atoms with Gasteiger partial charge in [-0.3, -0.25) is 13.9 Å². The summed E-state index contributed by atoms with van der Waals surface area (Å²) in [4.78, 5) is 29.4. The smallest absolute Gasteiger partial charge is 0.264 e. The quantitative estimate of drug-likeness (QED) is 0.213. The SMILES string of the molecule is CCNC(=O)[C@H](Cc1ccccc1)N(Cc1ccc(F)cc1)C(=O)CN(c1cc(C)ccc1OC)S(=O)(=O)c1ccc(C)cc1. The Labute approximate surface area is 264 Å². The Kier molecular flexibility index (Phi) is 11.0. The molecule has 2 amide bonds. The zero-order valence-corrected chi connectivity index (χ0v) is 26.7. The number of nitrogens with zero attached hydrogens (tertiary/aromatic N) is 2. The van der Waals surface area contributed by atoms with Gasteiger partial charge in [-0.05, 0) is 73.9 Å². The summed E-state index contributed by atoms with van der Waals surface area (Å²) < 4.78 is 48.9. The Morgan fingerprint density at radius 3 is 2.13 bits per heavy atom. The molecule has 4 aromatic carbocycles. The maximum absolute atomic E-state index is 14.5. The first-order valence-corrected chi connectivity index (χ1v) is 16.1. The van der Waals surface area contributed by atoms with Gasteiger partial charge < -0.3 is 15.0 Å². The van der Waals surface area contributed by atoms with Crippen molar-refractivity contribution in [1.29, 1.82) is 0 Å². The van der Waals surface area contributed by atoms with Crippen molar-refractivity contribution in [3.05, 3.63) is 125 Å². The highest BCUT2D eigenvalue weighted by molar-refractivity contribution is 7.92. The van der Waals surface area contributed by atoms with Crippen LogP contribution < -0.4 is 14.4 Å². The molecule has 0 aliphatic carbocycles. The lowest BCUT2D eigenvalue weighted by atomic mass is 10.0. The molecule has 0 fully saturated rings. The van der Waals surface area contributed by atoms with E-state index in [1.165, 1.54) is 48.4 Å². The monoisotopic (exact) mass is 631 g/mol. The fourth-order valence-corrected chi connectivity index (χ4v) is 6.39. The normalized spacial score (nSPS) is 11.8. The number of nitrogens with one attached hydrogen (secondary N) is 1. The standard InChI is InChI=1S/C35H38FN3O5S/c1-5-37-35(41)32(22-27-9-7-6-8-10-27)38(23-28-14-16-29(36)17-15-28)34(40)24-39(31-21-26(3)13-20-33(31)44-4)45(42,43)30-18-11-25(2)12-19-30/h6-21,32H,5,22-24H2,1-4H3,(H,37,41)/t32-/m0/s1. The van der Waals surface area contributed by atoms with Crippen LogP contribution in [0.2, 0.25) is 0 Å². The Morgan fingerprint density at radius 2 is 1.51 bits per heavy atom. The van der Waals surface area contributed by atoms with E-state index >= 15 is 0 Å². The summed E-state index contributed by atoms with van der Waals surface area (Å²) in [6, 6.07) is 25.3. The summed E-state index contributed by atoms with van der Waals surface area (Å²) in [5, 5.41) is 2.82. The minimum Gasteiger partial charge on any atom is -0.495 e. The lowest BCUT2D eigenvalue weighted by Gasteiger charge is -2.34. The summed E-state index contributed by atoms with van der Waals surface area (Å²) in [7, 11) is -2.86. The zero-order valence-electron chi connectivity index (χ0n) is 25.9. The van der Waals surface area contributed by atoms with Crippen molar-refractivity contribution in [2.45, 2.75) is 44.7 Å². The number of rotatable bonds is 13. The van der Waals surface area contributed by atoms with Gasteiger partial charge in [0, 0.05) is 19.5 Å². The lowest BCUT2D eigenvalue weighted by Crippen LogP contribution is -2.53. The van der Waals surface area contributed by atoms with Crippen LogP contribution in [0.25, 0.3) is 0 Å². The van der Waals surface area contributed by atoms with Crippen molar-refractivity contribution in [2.24, 2.45) is 0 Å². The second-order valence-electron chi connectivity index (χ2n) is 10.7. The molecule has 0 aromatic heterocycles. The Bertz CT molecular complexity index is 1710. The molecule has 45 heavy (non-hydrogen) atoms. The van der Waals surface area contributed by atoms with Crippen molar-refractivity contribution in [1.82, 2.24) is 10.2 Å². The highest BCUT2D eigenvalue weighted by Crippen LogP contribution is 2.34. The van der Waals surface area contributed by atoms with Crippen molar-refractivity contribution < 1.29 is 27.1 Å². The van der Waals surface area contributed by atoms with E-state index in [1.54, 1.807) is 37.3 Å². The molecule has 0 radical (unpaired) electrons. The van der Waals surface area contributed by atoms with Crippen LogP contribution in [-0.2, 0) is 32.6 Å². The highest BCUT2D eigenvalue weighted by Gasteiger charge is 2.35. The number of hydrogen-bond acceptors (Lipinski definition) is 5. The average molecular weight is 632 g/mol. The number of sulfonamides is 1. The Morgan fingerprint density at radius 1 is 0.867 bits per heavy atom. The predicted molar refractivity (Wildman–Crippen MR) is 173 cm³/mol. The molecule has 0 saturated carbocycles.